The summed E-state index contributed by atoms with van der Waals surface area (Å²) >= 11 is 1.02. The fourth-order valence-corrected chi connectivity index (χ4v) is 2.92. The fraction of sp³-hybridized carbons (Fsp3) is 0.353. The Morgan fingerprint density at radius 1 is 1.32 bits per heavy atom. The van der Waals surface area contributed by atoms with E-state index in [2.05, 4.69) is 5.32 Å². The molecule has 1 aromatic heterocycles. The minimum Gasteiger partial charge on any atom is -0.496 e. The van der Waals surface area contributed by atoms with Gasteiger partial charge in [-0.05, 0) is 19.9 Å². The van der Waals surface area contributed by atoms with Gasteiger partial charge in [0.05, 0.1) is 7.11 Å². The van der Waals surface area contributed by atoms with E-state index in [1.54, 1.807) is 25.5 Å². The number of para-hydroxylation sites is 1. The van der Waals surface area contributed by atoms with Crippen LogP contribution < -0.4 is 14.9 Å². The van der Waals surface area contributed by atoms with Gasteiger partial charge in [-0.2, -0.15) is 0 Å². The third-order valence-corrected chi connectivity index (χ3v) is 4.47. The number of carbonyl (C=O) groups is 2. The Balaban J connectivity index is 1.87. The minimum absolute atomic E-state index is 0.210. The van der Waals surface area contributed by atoms with Crippen LogP contribution in [0.3, 0.4) is 0 Å². The van der Waals surface area contributed by atoms with Crippen LogP contribution in [0, 0.1) is 6.92 Å². The lowest BCUT2D eigenvalue weighted by atomic mass is 10.2. The number of aryl methyl sites for hydroxylation is 1. The zero-order chi connectivity index (χ0) is 18.4. The van der Waals surface area contributed by atoms with Crippen LogP contribution >= 0.6 is 11.3 Å². The van der Waals surface area contributed by atoms with Crippen molar-refractivity contribution in [2.75, 3.05) is 7.11 Å². The molecule has 7 nitrogen and oxygen atoms in total. The Morgan fingerprint density at radius 2 is 2.04 bits per heavy atom. The molecule has 25 heavy (non-hydrogen) atoms. The maximum absolute atomic E-state index is 12.1. The van der Waals surface area contributed by atoms with Crippen molar-refractivity contribution in [2.24, 2.45) is 0 Å². The van der Waals surface area contributed by atoms with Crippen molar-refractivity contribution >= 4 is 23.2 Å². The topological polar surface area (TPSA) is 86.6 Å². The maximum Gasteiger partial charge on any atom is 0.326 e. The summed E-state index contributed by atoms with van der Waals surface area (Å²) in [6.45, 7) is 3.26. The number of amides is 1. The molecule has 0 unspecified atom stereocenters. The van der Waals surface area contributed by atoms with Crippen molar-refractivity contribution in [1.29, 1.82) is 0 Å². The predicted octanol–water partition coefficient (Wildman–Crippen LogP) is 1.47. The predicted molar refractivity (Wildman–Crippen MR) is 93.7 cm³/mol. The Morgan fingerprint density at radius 3 is 2.68 bits per heavy atom. The third-order valence-electron chi connectivity index (χ3n) is 3.59. The number of thiazole rings is 1. The standard InChI is InChI=1S/C17H20N2O5S/c1-11-10-25-17(22)19(11)9-15(20)24-12(2)16(21)18-8-13-6-4-5-7-14(13)23-3/h4-7,10,12H,8-9H2,1-3H3,(H,18,21)/t12-/m0/s1. The van der Waals surface area contributed by atoms with Gasteiger partial charge >= 0.3 is 10.8 Å². The monoisotopic (exact) mass is 364 g/mol. The average molecular weight is 364 g/mol. The first-order chi connectivity index (χ1) is 11.9. The SMILES string of the molecule is COc1ccccc1CNC(=O)[C@H](C)OC(=O)Cn1c(C)csc1=O. The van der Waals surface area contributed by atoms with E-state index in [0.717, 1.165) is 16.9 Å². The molecule has 0 fully saturated rings. The first-order valence-electron chi connectivity index (χ1n) is 7.66. The Hall–Kier alpha value is -2.61. The number of hydrogen-bond acceptors (Lipinski definition) is 6. The number of ether oxygens (including phenoxy) is 2. The van der Waals surface area contributed by atoms with Crippen LogP contribution in [0.15, 0.2) is 34.4 Å². The largest absolute Gasteiger partial charge is 0.496 e. The number of carbonyl (C=O) groups excluding carboxylic acids is 2. The van der Waals surface area contributed by atoms with Crippen molar-refractivity contribution in [1.82, 2.24) is 9.88 Å². The normalized spacial score (nSPS) is 11.6. The Labute approximate surface area is 149 Å². The van der Waals surface area contributed by atoms with E-state index in [-0.39, 0.29) is 18.0 Å². The molecule has 2 aromatic rings. The zero-order valence-corrected chi connectivity index (χ0v) is 15.1. The molecule has 2 rings (SSSR count). The van der Waals surface area contributed by atoms with Gasteiger partial charge in [-0.3, -0.25) is 19.0 Å². The van der Waals surface area contributed by atoms with Crippen LogP contribution in [0.25, 0.3) is 0 Å². The van der Waals surface area contributed by atoms with Crippen LogP contribution in [0.5, 0.6) is 5.75 Å². The van der Waals surface area contributed by atoms with Gasteiger partial charge in [-0.1, -0.05) is 29.5 Å². The van der Waals surface area contributed by atoms with Gasteiger partial charge in [0, 0.05) is 23.2 Å². The van der Waals surface area contributed by atoms with E-state index in [0.29, 0.717) is 11.4 Å². The van der Waals surface area contributed by atoms with Gasteiger partial charge in [0.2, 0.25) is 0 Å². The molecule has 0 aliphatic heterocycles. The zero-order valence-electron chi connectivity index (χ0n) is 14.3. The molecule has 0 bridgehead atoms. The second kappa shape index (κ2) is 8.48. The first kappa shape index (κ1) is 18.7. The highest BCUT2D eigenvalue weighted by atomic mass is 32.1. The molecule has 0 spiro atoms. The Bertz CT molecular complexity index is 811. The van der Waals surface area contributed by atoms with Crippen LogP contribution in [-0.4, -0.2) is 29.7 Å². The number of aromatic nitrogens is 1. The van der Waals surface area contributed by atoms with Crippen molar-refractivity contribution in [3.8, 4) is 5.75 Å². The number of hydrogen-bond donors (Lipinski definition) is 1. The number of nitrogens with zero attached hydrogens (tertiary/aromatic N) is 1. The number of nitrogens with one attached hydrogen (secondary N) is 1. The molecule has 0 saturated heterocycles. The average Bonchev–Trinajstić information content (AvgIpc) is 2.91. The second-order valence-corrected chi connectivity index (χ2v) is 6.21. The van der Waals surface area contributed by atoms with Crippen molar-refractivity contribution in [2.45, 2.75) is 33.0 Å². The van der Waals surface area contributed by atoms with Crippen molar-refractivity contribution in [3.63, 3.8) is 0 Å². The smallest absolute Gasteiger partial charge is 0.326 e. The molecule has 1 amide bonds. The first-order valence-corrected chi connectivity index (χ1v) is 8.54. The highest BCUT2D eigenvalue weighted by Gasteiger charge is 2.19. The van der Waals surface area contributed by atoms with Crippen molar-refractivity contribution < 1.29 is 19.1 Å². The molecule has 8 heteroatoms. The highest BCUT2D eigenvalue weighted by molar-refractivity contribution is 7.07. The molecule has 1 aromatic carbocycles. The number of methoxy groups -OCH3 is 1. The lowest BCUT2D eigenvalue weighted by Gasteiger charge is -2.15. The van der Waals surface area contributed by atoms with Gasteiger partial charge in [0.25, 0.3) is 5.91 Å². The number of esters is 1. The molecule has 0 aliphatic rings. The van der Waals surface area contributed by atoms with E-state index in [9.17, 15) is 14.4 Å². The van der Waals surface area contributed by atoms with Crippen LogP contribution in [-0.2, 0) is 27.4 Å². The molecule has 0 saturated carbocycles. The van der Waals surface area contributed by atoms with Gasteiger partial charge in [0.1, 0.15) is 12.3 Å². The minimum atomic E-state index is -0.961. The molecule has 1 atom stereocenters. The number of benzene rings is 1. The van der Waals surface area contributed by atoms with Gasteiger partial charge in [0.15, 0.2) is 6.10 Å². The molecule has 134 valence electrons. The van der Waals surface area contributed by atoms with E-state index in [1.807, 2.05) is 18.2 Å². The van der Waals surface area contributed by atoms with Crippen molar-refractivity contribution in [3.05, 3.63) is 50.6 Å². The van der Waals surface area contributed by atoms with E-state index in [4.69, 9.17) is 9.47 Å². The van der Waals surface area contributed by atoms with E-state index in [1.165, 1.54) is 11.5 Å². The summed E-state index contributed by atoms with van der Waals surface area (Å²) in [5.41, 5.74) is 1.50. The number of rotatable bonds is 7. The maximum atomic E-state index is 12.1. The lowest BCUT2D eigenvalue weighted by Crippen LogP contribution is -2.36. The molecule has 1 N–H and O–H groups in total. The fourth-order valence-electron chi connectivity index (χ4n) is 2.19. The van der Waals surface area contributed by atoms with E-state index >= 15 is 0 Å². The third kappa shape index (κ3) is 4.93. The second-order valence-electron chi connectivity index (χ2n) is 5.39. The van der Waals surface area contributed by atoms with Crippen LogP contribution in [0.2, 0.25) is 0 Å². The summed E-state index contributed by atoms with van der Waals surface area (Å²) in [4.78, 5) is 35.4. The quantitative estimate of drug-likeness (QED) is 0.752. The van der Waals surface area contributed by atoms with Crippen LogP contribution in [0.4, 0.5) is 0 Å². The summed E-state index contributed by atoms with van der Waals surface area (Å²) in [7, 11) is 1.55. The highest BCUT2D eigenvalue weighted by Crippen LogP contribution is 2.16. The van der Waals surface area contributed by atoms with Gasteiger partial charge in [-0.15, -0.1) is 0 Å². The molecular formula is C17H20N2O5S. The summed E-state index contributed by atoms with van der Waals surface area (Å²) in [5.74, 6) is -0.392. The molecule has 1 heterocycles. The van der Waals surface area contributed by atoms with Gasteiger partial charge in [-0.25, -0.2) is 0 Å². The lowest BCUT2D eigenvalue weighted by molar-refractivity contribution is -0.155. The molecule has 0 radical (unpaired) electrons. The molecular weight excluding hydrogens is 344 g/mol. The summed E-state index contributed by atoms with van der Waals surface area (Å²) in [6, 6.07) is 7.31. The summed E-state index contributed by atoms with van der Waals surface area (Å²) in [6.07, 6.45) is -0.961. The van der Waals surface area contributed by atoms with Gasteiger partial charge < -0.3 is 14.8 Å². The molecule has 0 aliphatic carbocycles. The Kier molecular flexibility index (Phi) is 6.35. The van der Waals surface area contributed by atoms with E-state index < -0.39 is 18.0 Å². The summed E-state index contributed by atoms with van der Waals surface area (Å²) in [5, 5.41) is 4.36. The van der Waals surface area contributed by atoms with Crippen LogP contribution in [0.1, 0.15) is 18.2 Å². The summed E-state index contributed by atoms with van der Waals surface area (Å²) < 4.78 is 11.6.